The summed E-state index contributed by atoms with van der Waals surface area (Å²) in [5, 5.41) is 0. The van der Waals surface area contributed by atoms with Gasteiger partial charge in [0.1, 0.15) is 13.3 Å². The lowest BCUT2D eigenvalue weighted by Crippen LogP contribution is -2.44. The van der Waals surface area contributed by atoms with Crippen molar-refractivity contribution >= 4 is 5.97 Å². The minimum atomic E-state index is -0.314. The van der Waals surface area contributed by atoms with Gasteiger partial charge in [-0.1, -0.05) is 0 Å². The van der Waals surface area contributed by atoms with E-state index < -0.39 is 0 Å². The molecule has 0 amide bonds. The predicted molar refractivity (Wildman–Crippen MR) is 70.4 cm³/mol. The molecule has 0 saturated heterocycles. The first kappa shape index (κ1) is 17.3. The van der Waals surface area contributed by atoms with Gasteiger partial charge in [-0.05, 0) is 41.5 Å². The van der Waals surface area contributed by atoms with E-state index in [0.717, 1.165) is 0 Å². The minimum Gasteiger partial charge on any atom is -0.462 e. The molecule has 0 aromatic rings. The Morgan fingerprint density at radius 3 is 2.11 bits per heavy atom. The predicted octanol–water partition coefficient (Wildman–Crippen LogP) is 1.04. The molecule has 0 atom stereocenters. The van der Waals surface area contributed by atoms with Gasteiger partial charge in [0, 0.05) is 12.1 Å². The summed E-state index contributed by atoms with van der Waals surface area (Å²) in [5.74, 6) is -0.314. The molecule has 0 aromatic carbocycles. The van der Waals surface area contributed by atoms with Crippen LogP contribution in [0.5, 0.6) is 0 Å². The highest BCUT2D eigenvalue weighted by molar-refractivity contribution is 5.71. The molecule has 0 unspecified atom stereocenters. The summed E-state index contributed by atoms with van der Waals surface area (Å²) in [5.41, 5.74) is 5.19. The normalized spacial score (nSPS) is 11.9. The Morgan fingerprint density at radius 2 is 1.67 bits per heavy atom. The molecule has 0 aliphatic rings. The van der Waals surface area contributed by atoms with Gasteiger partial charge in [0.25, 0.3) is 0 Å². The number of rotatable bonds is 9. The maximum atomic E-state index is 11.2. The molecule has 0 rings (SSSR count). The minimum absolute atomic E-state index is 0.0710. The molecule has 2 N–H and O–H groups in total. The molecule has 0 heterocycles. The van der Waals surface area contributed by atoms with E-state index in [1.165, 1.54) is 0 Å². The van der Waals surface area contributed by atoms with E-state index in [0.29, 0.717) is 18.8 Å². The van der Waals surface area contributed by atoms with Crippen LogP contribution >= 0.6 is 0 Å². The Balaban J connectivity index is 3.64. The Hall–Kier alpha value is -0.690. The van der Waals surface area contributed by atoms with E-state index >= 15 is 0 Å². The van der Waals surface area contributed by atoms with Crippen LogP contribution in [0.3, 0.4) is 0 Å². The summed E-state index contributed by atoms with van der Waals surface area (Å²) < 4.78 is 4.95. The van der Waals surface area contributed by atoms with Gasteiger partial charge in [0.15, 0.2) is 0 Å². The number of carbonyl (C=O) groups excluding carboxylic acids is 1. The Kier molecular flexibility index (Phi) is 8.91. The molecule has 0 spiro atoms. The first-order valence-corrected chi connectivity index (χ1v) is 6.39. The van der Waals surface area contributed by atoms with Crippen LogP contribution in [-0.2, 0) is 14.4 Å². The Bertz CT molecular complexity index is 225. The van der Waals surface area contributed by atoms with Crippen LogP contribution in [0.2, 0.25) is 0 Å². The maximum absolute atomic E-state index is 11.2. The van der Waals surface area contributed by atoms with Gasteiger partial charge in [0.05, 0.1) is 6.10 Å². The monoisotopic (exact) mass is 261 g/mol. The standard InChI is InChI=1S/C12H27N3O3/c1-9(2)15(10(3)4)8-17-14-13-7-12(16)18-11(5)6/h9-11,13-14H,7-8H2,1-6H3. The Labute approximate surface area is 110 Å². The summed E-state index contributed by atoms with van der Waals surface area (Å²) in [6, 6.07) is 0.801. The third kappa shape index (κ3) is 8.41. The average Bonchev–Trinajstić information content (AvgIpc) is 2.20. The second kappa shape index (κ2) is 9.27. The molecule has 6 nitrogen and oxygen atoms in total. The van der Waals surface area contributed by atoms with Gasteiger partial charge >= 0.3 is 5.97 Å². The van der Waals surface area contributed by atoms with Crippen molar-refractivity contribution in [2.75, 3.05) is 13.3 Å². The van der Waals surface area contributed by atoms with E-state index in [1.807, 2.05) is 13.8 Å². The SMILES string of the molecule is CC(C)OC(=O)CNNOCN(C(C)C)C(C)C. The van der Waals surface area contributed by atoms with Crippen LogP contribution in [0.25, 0.3) is 0 Å². The van der Waals surface area contributed by atoms with Gasteiger partial charge in [-0.15, -0.1) is 5.59 Å². The fourth-order valence-electron chi connectivity index (χ4n) is 1.47. The number of nitrogens with one attached hydrogen (secondary N) is 2. The molecular weight excluding hydrogens is 234 g/mol. The number of hydrogen-bond acceptors (Lipinski definition) is 6. The largest absolute Gasteiger partial charge is 0.462 e. The zero-order valence-corrected chi connectivity index (χ0v) is 12.3. The average molecular weight is 261 g/mol. The molecule has 18 heavy (non-hydrogen) atoms. The fourth-order valence-corrected chi connectivity index (χ4v) is 1.47. The second-order valence-electron chi connectivity index (χ2n) is 4.97. The van der Waals surface area contributed by atoms with Gasteiger partial charge in [-0.25, -0.2) is 5.43 Å². The van der Waals surface area contributed by atoms with Gasteiger partial charge in [0.2, 0.25) is 0 Å². The zero-order chi connectivity index (χ0) is 14.1. The van der Waals surface area contributed by atoms with Crippen molar-refractivity contribution in [1.82, 2.24) is 15.9 Å². The van der Waals surface area contributed by atoms with E-state index in [4.69, 9.17) is 9.57 Å². The topological polar surface area (TPSA) is 62.8 Å². The van der Waals surface area contributed by atoms with Crippen LogP contribution in [0.1, 0.15) is 41.5 Å². The molecule has 6 heteroatoms. The van der Waals surface area contributed by atoms with E-state index in [1.54, 1.807) is 0 Å². The van der Waals surface area contributed by atoms with E-state index in [-0.39, 0.29) is 18.6 Å². The molecule has 108 valence electrons. The van der Waals surface area contributed by atoms with Crippen molar-refractivity contribution in [3.63, 3.8) is 0 Å². The third-order valence-electron chi connectivity index (χ3n) is 2.28. The third-order valence-corrected chi connectivity index (χ3v) is 2.28. The smallest absolute Gasteiger partial charge is 0.321 e. The van der Waals surface area contributed by atoms with Crippen molar-refractivity contribution < 1.29 is 14.4 Å². The summed E-state index contributed by atoms with van der Waals surface area (Å²) in [4.78, 5) is 18.6. The lowest BCUT2D eigenvalue weighted by molar-refractivity contribution is -0.148. The van der Waals surface area contributed by atoms with Crippen molar-refractivity contribution in [3.8, 4) is 0 Å². The van der Waals surface area contributed by atoms with Crippen LogP contribution in [0, 0.1) is 0 Å². The van der Waals surface area contributed by atoms with Crippen LogP contribution < -0.4 is 11.0 Å². The van der Waals surface area contributed by atoms with Crippen molar-refractivity contribution in [2.45, 2.75) is 59.7 Å². The second-order valence-corrected chi connectivity index (χ2v) is 4.97. The summed E-state index contributed by atoms with van der Waals surface area (Å²) in [6.45, 7) is 12.6. The molecular formula is C12H27N3O3. The zero-order valence-electron chi connectivity index (χ0n) is 12.3. The van der Waals surface area contributed by atoms with Gasteiger partial charge < -0.3 is 4.74 Å². The van der Waals surface area contributed by atoms with E-state index in [9.17, 15) is 4.79 Å². The Morgan fingerprint density at radius 1 is 1.11 bits per heavy atom. The maximum Gasteiger partial charge on any atom is 0.321 e. The number of carbonyl (C=O) groups is 1. The molecule has 0 radical (unpaired) electrons. The van der Waals surface area contributed by atoms with Gasteiger partial charge in [-0.2, -0.15) is 0 Å². The van der Waals surface area contributed by atoms with Crippen LogP contribution in [-0.4, -0.2) is 42.3 Å². The number of ether oxygens (including phenoxy) is 1. The van der Waals surface area contributed by atoms with Crippen molar-refractivity contribution in [2.24, 2.45) is 0 Å². The fraction of sp³-hybridized carbons (Fsp3) is 0.917. The quantitative estimate of drug-likeness (QED) is 0.280. The van der Waals surface area contributed by atoms with E-state index in [2.05, 4.69) is 43.6 Å². The van der Waals surface area contributed by atoms with Gasteiger partial charge in [-0.3, -0.25) is 14.5 Å². The summed E-state index contributed by atoms with van der Waals surface area (Å²) in [7, 11) is 0. The number of hydrazine groups is 1. The first-order chi connectivity index (χ1) is 8.34. The van der Waals surface area contributed by atoms with Crippen LogP contribution in [0.15, 0.2) is 0 Å². The number of esters is 1. The number of nitrogens with zero attached hydrogens (tertiary/aromatic N) is 1. The molecule has 0 aliphatic carbocycles. The summed E-state index contributed by atoms with van der Waals surface area (Å²) in [6.07, 6.45) is -0.0995. The lowest BCUT2D eigenvalue weighted by atomic mass is 10.2. The number of hydrogen-bond donors (Lipinski definition) is 2. The van der Waals surface area contributed by atoms with Crippen LogP contribution in [0.4, 0.5) is 0 Å². The lowest BCUT2D eigenvalue weighted by Gasteiger charge is -2.29. The highest BCUT2D eigenvalue weighted by Crippen LogP contribution is 2.03. The van der Waals surface area contributed by atoms with Crippen molar-refractivity contribution in [1.29, 1.82) is 0 Å². The first-order valence-electron chi connectivity index (χ1n) is 6.39. The molecule has 0 aliphatic heterocycles. The molecule has 0 aromatic heterocycles. The summed E-state index contributed by atoms with van der Waals surface area (Å²) >= 11 is 0. The molecule has 0 bridgehead atoms. The highest BCUT2D eigenvalue weighted by Gasteiger charge is 2.13. The molecule has 0 fully saturated rings. The molecule has 0 saturated carbocycles. The van der Waals surface area contributed by atoms with Crippen molar-refractivity contribution in [3.05, 3.63) is 0 Å². The highest BCUT2D eigenvalue weighted by atomic mass is 16.7.